The average Bonchev–Trinajstić information content (AvgIpc) is 2.03. The van der Waals surface area contributed by atoms with Gasteiger partial charge in [-0.15, -0.1) is 13.0 Å². The van der Waals surface area contributed by atoms with E-state index in [-0.39, 0.29) is 13.0 Å². The molecular formula is C8H12F3ORf-. The van der Waals surface area contributed by atoms with E-state index in [9.17, 15) is 13.2 Å². The third kappa shape index (κ3) is 4.85. The van der Waals surface area contributed by atoms with E-state index in [1.54, 1.807) is 0 Å². The maximum absolute atomic E-state index is 12.6. The molecule has 0 radical (unpaired) electrons. The number of rotatable bonds is 6. The molecule has 0 aromatic carbocycles. The molecule has 1 nitrogen and oxygen atoms in total. The van der Waals surface area contributed by atoms with Crippen molar-refractivity contribution >= 4 is 0 Å². The molecule has 0 fully saturated rings. The minimum atomic E-state index is -3.46. The number of hydrogen-bond acceptors (Lipinski definition) is 1. The molecule has 0 aliphatic rings. The molecule has 0 amide bonds. The van der Waals surface area contributed by atoms with Crippen LogP contribution in [0, 0.1) is 6.17 Å². The number of hydrogen-bond donors (Lipinski definition) is 0. The number of alkyl halides is 2. The monoisotopic (exact) mass is 448 g/mol. The van der Waals surface area contributed by atoms with Gasteiger partial charge in [-0.3, -0.25) is 0 Å². The summed E-state index contributed by atoms with van der Waals surface area (Å²) in [4.78, 5) is 0. The molecule has 13 heavy (non-hydrogen) atoms. The molecule has 74 valence electrons. The first-order valence-corrected chi connectivity index (χ1v) is 3.63. The predicted octanol–water partition coefficient (Wildman–Crippen LogP) is 2.74. The Hall–Kier alpha value is -1.51. The van der Waals surface area contributed by atoms with Crippen molar-refractivity contribution in [1.29, 1.82) is 0 Å². The van der Waals surface area contributed by atoms with Crippen molar-refractivity contribution in [1.82, 2.24) is 0 Å². The van der Waals surface area contributed by atoms with Crippen LogP contribution >= 0.6 is 0 Å². The van der Waals surface area contributed by atoms with Gasteiger partial charge in [-0.25, -0.2) is 8.78 Å². The maximum atomic E-state index is 12.6. The zero-order valence-corrected chi connectivity index (χ0v) is 14.1. The van der Waals surface area contributed by atoms with Crippen molar-refractivity contribution in [3.63, 3.8) is 0 Å². The minimum Gasteiger partial charge on any atom is -0.450 e. The Labute approximate surface area is 70.2 Å². The van der Waals surface area contributed by atoms with Gasteiger partial charge in [0.2, 0.25) is 0 Å². The third-order valence-electron chi connectivity index (χ3n) is 1.23. The van der Waals surface area contributed by atoms with Gasteiger partial charge >= 0.3 is 0 Å². The molecule has 0 aromatic rings. The van der Waals surface area contributed by atoms with Crippen LogP contribution in [-0.2, 0) is 4.74 Å². The van der Waals surface area contributed by atoms with Gasteiger partial charge in [0.15, 0.2) is 5.92 Å². The van der Waals surface area contributed by atoms with Crippen LogP contribution in [0.15, 0.2) is 12.7 Å². The molecule has 0 saturated heterocycles. The summed E-state index contributed by atoms with van der Waals surface area (Å²) in [6.07, 6.45) is -0.295. The van der Waals surface area contributed by atoms with Crippen LogP contribution in [-0.4, -0.2) is 19.1 Å². The molecule has 0 aliphatic heterocycles. The molecule has 0 spiro atoms. The van der Waals surface area contributed by atoms with Crippen LogP contribution in [0.1, 0.15) is 13.3 Å². The molecule has 0 aromatic heterocycles. The zero-order valence-electron chi connectivity index (χ0n) is 7.66. The quantitative estimate of drug-likeness (QED) is 0.345. The van der Waals surface area contributed by atoms with Gasteiger partial charge in [0.25, 0.3) is 0 Å². The van der Waals surface area contributed by atoms with Crippen LogP contribution in [0.5, 0.6) is 0 Å². The molecule has 0 rings (SSSR count). The number of halogens is 3. The summed E-state index contributed by atoms with van der Waals surface area (Å²) >= 11 is 0. The van der Waals surface area contributed by atoms with Gasteiger partial charge in [0.05, 0.1) is 13.2 Å². The van der Waals surface area contributed by atoms with E-state index in [1.165, 1.54) is 13.0 Å². The van der Waals surface area contributed by atoms with E-state index >= 15 is 0 Å². The molecule has 0 N–H and O–H groups in total. The second kappa shape index (κ2) is 6.06. The molecular weight excluding hydrogens is 436 g/mol. The molecule has 5 heteroatoms. The first kappa shape index (κ1) is 14.0. The van der Waals surface area contributed by atoms with E-state index in [1.807, 2.05) is 0 Å². The molecule has 0 aliphatic carbocycles. The fourth-order valence-electron chi connectivity index (χ4n) is 0.607. The molecule has 0 bridgehead atoms. The van der Waals surface area contributed by atoms with Crippen LogP contribution in [0.2, 0.25) is 0 Å². The van der Waals surface area contributed by atoms with E-state index < -0.39 is 18.7 Å². The van der Waals surface area contributed by atoms with Gasteiger partial charge < -0.3 is 9.13 Å². The van der Waals surface area contributed by atoms with Crippen molar-refractivity contribution in [3.8, 4) is 0 Å². The third-order valence-corrected chi connectivity index (χ3v) is 1.23. The van der Waals surface area contributed by atoms with E-state index in [0.29, 0.717) is 0 Å². The van der Waals surface area contributed by atoms with Crippen LogP contribution in [0.3, 0.4) is 0 Å². The normalized spacial score (nSPS) is 11.2. The summed E-state index contributed by atoms with van der Waals surface area (Å²) in [5.41, 5.74) is 0. The van der Waals surface area contributed by atoms with Crippen LogP contribution in [0.4, 0.5) is 13.2 Å². The summed E-state index contributed by atoms with van der Waals surface area (Å²) < 4.78 is 42.0. The van der Waals surface area contributed by atoms with Gasteiger partial charge in [-0.1, -0.05) is 19.2 Å². The Morgan fingerprint density at radius 2 is 2.08 bits per heavy atom. The molecule has 0 atom stereocenters. The van der Waals surface area contributed by atoms with E-state index in [0.717, 1.165) is 0 Å². The topological polar surface area (TPSA) is 9.23 Å². The second-order valence-electron chi connectivity index (χ2n) is 2.27. The average molecular weight is 448 g/mol. The Balaban J connectivity index is 0. The number of ether oxygens (including phenoxy) is 1. The predicted molar refractivity (Wildman–Crippen MR) is 40.6 cm³/mol. The van der Waals surface area contributed by atoms with Gasteiger partial charge in [-0.2, -0.15) is 0 Å². The molecule has 0 heterocycles. The largest absolute Gasteiger partial charge is 0.450 e. The smallest absolute Gasteiger partial charge is 0.184 e. The van der Waals surface area contributed by atoms with Crippen molar-refractivity contribution in [2.24, 2.45) is 0 Å². The maximum Gasteiger partial charge on any atom is 0.184 e. The van der Waals surface area contributed by atoms with Crippen molar-refractivity contribution in [2.75, 3.05) is 13.2 Å². The van der Waals surface area contributed by atoms with Crippen LogP contribution in [0.25, 0.3) is 0 Å². The Morgan fingerprint density at radius 1 is 1.54 bits per heavy atom. The summed E-state index contributed by atoms with van der Waals surface area (Å²) in [6.45, 7) is 3.69. The SMILES string of the molecule is C=CCOCC(F)(F)[C-](F)CC.[Rf]. The van der Waals surface area contributed by atoms with E-state index in [4.69, 9.17) is 0 Å². The van der Waals surface area contributed by atoms with Gasteiger partial charge in [0, 0.05) is 0 Å². The second-order valence-corrected chi connectivity index (χ2v) is 2.27. The minimum absolute atomic E-state index is 0. The zero-order chi connectivity index (χ0) is 9.61. The van der Waals surface area contributed by atoms with Crippen molar-refractivity contribution < 1.29 is 17.9 Å². The fraction of sp³-hybridized carbons (Fsp3) is 0.625. The Bertz CT molecular complexity index is 141. The van der Waals surface area contributed by atoms with Gasteiger partial charge in [-0.05, 0) is 0 Å². The summed E-state index contributed by atoms with van der Waals surface area (Å²) in [5.74, 6) is -3.46. The first-order chi connectivity index (χ1) is 5.54. The molecule has 0 saturated carbocycles. The van der Waals surface area contributed by atoms with Gasteiger partial charge in [0.1, 0.15) is 0 Å². The van der Waals surface area contributed by atoms with Crippen molar-refractivity contribution in [2.45, 2.75) is 19.3 Å². The fourth-order valence-corrected chi connectivity index (χ4v) is 0.607. The van der Waals surface area contributed by atoms with E-state index in [2.05, 4.69) is 11.3 Å². The van der Waals surface area contributed by atoms with Crippen LogP contribution < -0.4 is 0 Å². The Kier molecular flexibility index (Phi) is 6.54. The summed E-state index contributed by atoms with van der Waals surface area (Å²) in [5, 5.41) is 0. The first-order valence-electron chi connectivity index (χ1n) is 3.63. The standard InChI is InChI=1S/C8H12F3O.Rf/c1-3-5-12-6-8(10,11)7(9)4-2;/h3H,1,4-6H2,2H3;/q-1;. The summed E-state index contributed by atoms with van der Waals surface area (Å²) in [6, 6.07) is 0. The Morgan fingerprint density at radius 3 is 2.46 bits per heavy atom. The summed E-state index contributed by atoms with van der Waals surface area (Å²) in [7, 11) is 0. The molecule has 0 unspecified atom stereocenters. The van der Waals surface area contributed by atoms with Crippen molar-refractivity contribution in [3.05, 3.63) is 18.8 Å².